The van der Waals surface area contributed by atoms with E-state index in [0.29, 0.717) is 29.0 Å². The van der Waals surface area contributed by atoms with Gasteiger partial charge in [-0.1, -0.05) is 12.1 Å². The van der Waals surface area contributed by atoms with E-state index in [0.717, 1.165) is 28.9 Å². The van der Waals surface area contributed by atoms with Crippen molar-refractivity contribution in [3.8, 4) is 5.88 Å². The van der Waals surface area contributed by atoms with Gasteiger partial charge >= 0.3 is 0 Å². The molecular formula is C28H31N3O4. The van der Waals surface area contributed by atoms with E-state index < -0.39 is 0 Å². The van der Waals surface area contributed by atoms with Crippen LogP contribution in [0, 0.1) is 5.92 Å². The fourth-order valence-electron chi connectivity index (χ4n) is 4.34. The fraction of sp³-hybridized carbons (Fsp3) is 0.286. The van der Waals surface area contributed by atoms with E-state index in [1.54, 1.807) is 32.4 Å². The van der Waals surface area contributed by atoms with Crippen molar-refractivity contribution in [3.63, 3.8) is 0 Å². The van der Waals surface area contributed by atoms with Crippen molar-refractivity contribution in [1.29, 1.82) is 0 Å². The SMILES string of the molecule is COC1=CC(C(=Nc2ccc(CN(C)C)cc2)c2c(O)[nH]c3ccc(C(C)=O)cc23)CC(OC)=C1. The highest BCUT2D eigenvalue weighted by Crippen LogP contribution is 2.36. The summed E-state index contributed by atoms with van der Waals surface area (Å²) in [6.07, 6.45) is 4.39. The molecule has 0 aliphatic heterocycles. The molecule has 0 saturated carbocycles. The van der Waals surface area contributed by atoms with Gasteiger partial charge in [0.15, 0.2) is 11.7 Å². The van der Waals surface area contributed by atoms with Gasteiger partial charge in [-0.15, -0.1) is 0 Å². The van der Waals surface area contributed by atoms with Gasteiger partial charge in [-0.25, -0.2) is 0 Å². The number of benzene rings is 2. The van der Waals surface area contributed by atoms with Crippen LogP contribution in [0.2, 0.25) is 0 Å². The lowest BCUT2D eigenvalue weighted by Gasteiger charge is -2.22. The number of ketones is 1. The third-order valence-corrected chi connectivity index (χ3v) is 6.07. The number of fused-ring (bicyclic) bond motifs is 1. The van der Waals surface area contributed by atoms with E-state index in [2.05, 4.69) is 22.0 Å². The Hall–Kier alpha value is -3.84. The summed E-state index contributed by atoms with van der Waals surface area (Å²) in [6.45, 7) is 2.36. The molecule has 2 aromatic carbocycles. The molecule has 7 nitrogen and oxygen atoms in total. The summed E-state index contributed by atoms with van der Waals surface area (Å²) in [5, 5.41) is 11.7. The molecule has 2 N–H and O–H groups in total. The zero-order chi connectivity index (χ0) is 25.1. The molecule has 0 bridgehead atoms. The maximum absolute atomic E-state index is 12.1. The van der Waals surface area contributed by atoms with Crippen LogP contribution in [0.25, 0.3) is 10.9 Å². The van der Waals surface area contributed by atoms with Crippen molar-refractivity contribution in [3.05, 3.63) is 82.8 Å². The smallest absolute Gasteiger partial charge is 0.198 e. The summed E-state index contributed by atoms with van der Waals surface area (Å²) in [4.78, 5) is 22.3. The van der Waals surface area contributed by atoms with Crippen LogP contribution in [0.1, 0.15) is 34.8 Å². The van der Waals surface area contributed by atoms with Crippen molar-refractivity contribution in [1.82, 2.24) is 9.88 Å². The number of H-pyrrole nitrogens is 1. The lowest BCUT2D eigenvalue weighted by atomic mass is 9.88. The number of aromatic amines is 1. The fourth-order valence-corrected chi connectivity index (χ4v) is 4.34. The van der Waals surface area contributed by atoms with Gasteiger partial charge in [0.05, 0.1) is 31.2 Å². The van der Waals surface area contributed by atoms with Gasteiger partial charge < -0.3 is 24.5 Å². The second-order valence-electron chi connectivity index (χ2n) is 8.96. The van der Waals surface area contributed by atoms with Gasteiger partial charge in [0, 0.05) is 41.4 Å². The number of hydrogen-bond acceptors (Lipinski definition) is 6. The molecular weight excluding hydrogens is 442 g/mol. The van der Waals surface area contributed by atoms with E-state index in [1.165, 1.54) is 12.5 Å². The molecule has 0 fully saturated rings. The Labute approximate surface area is 205 Å². The Morgan fingerprint density at radius 2 is 1.89 bits per heavy atom. The minimum atomic E-state index is -0.225. The number of carbonyl (C=O) groups excluding carboxylic acids is 1. The van der Waals surface area contributed by atoms with Gasteiger partial charge in [0.25, 0.3) is 0 Å². The second-order valence-corrected chi connectivity index (χ2v) is 8.96. The molecule has 35 heavy (non-hydrogen) atoms. The van der Waals surface area contributed by atoms with Crippen LogP contribution in [-0.4, -0.2) is 54.8 Å². The molecule has 1 aliphatic rings. The Bertz CT molecular complexity index is 1330. The average molecular weight is 474 g/mol. The molecule has 0 spiro atoms. The number of nitrogens with one attached hydrogen (secondary N) is 1. The number of carbonyl (C=O) groups is 1. The van der Waals surface area contributed by atoms with Crippen LogP contribution in [0.15, 0.2) is 71.1 Å². The number of rotatable bonds is 8. The third-order valence-electron chi connectivity index (χ3n) is 6.07. The number of aromatic hydroxyl groups is 1. The van der Waals surface area contributed by atoms with E-state index in [1.807, 2.05) is 38.4 Å². The first-order chi connectivity index (χ1) is 16.8. The van der Waals surface area contributed by atoms with E-state index in [-0.39, 0.29) is 17.6 Å². The van der Waals surface area contributed by atoms with Crippen molar-refractivity contribution in [2.45, 2.75) is 19.9 Å². The van der Waals surface area contributed by atoms with E-state index in [4.69, 9.17) is 14.5 Å². The Kier molecular flexibility index (Phi) is 7.07. The topological polar surface area (TPSA) is 87.2 Å². The quantitative estimate of drug-likeness (QED) is 0.341. The molecule has 4 rings (SSSR count). The lowest BCUT2D eigenvalue weighted by molar-refractivity contribution is 0.101. The van der Waals surface area contributed by atoms with E-state index in [9.17, 15) is 9.90 Å². The van der Waals surface area contributed by atoms with Crippen molar-refractivity contribution in [2.24, 2.45) is 10.9 Å². The number of aliphatic imine (C=N–C) groups is 1. The number of Topliss-reactive ketones (excluding diaryl/α,β-unsaturated/α-hetero) is 1. The highest BCUT2D eigenvalue weighted by molar-refractivity contribution is 6.16. The highest BCUT2D eigenvalue weighted by atomic mass is 16.5. The second kappa shape index (κ2) is 10.2. The summed E-state index contributed by atoms with van der Waals surface area (Å²) >= 11 is 0. The van der Waals surface area contributed by atoms with Crippen LogP contribution >= 0.6 is 0 Å². The molecule has 1 unspecified atom stereocenters. The summed E-state index contributed by atoms with van der Waals surface area (Å²) in [5.74, 6) is 1.15. The Morgan fingerprint density at radius 3 is 2.51 bits per heavy atom. The lowest BCUT2D eigenvalue weighted by Crippen LogP contribution is -2.18. The average Bonchev–Trinajstić information content (AvgIpc) is 3.17. The first kappa shape index (κ1) is 24.3. The Balaban J connectivity index is 1.89. The number of aromatic nitrogens is 1. The molecule has 0 saturated heterocycles. The van der Waals surface area contributed by atoms with Gasteiger partial charge in [0.2, 0.25) is 0 Å². The third kappa shape index (κ3) is 5.30. The van der Waals surface area contributed by atoms with Crippen LogP contribution in [0.5, 0.6) is 5.88 Å². The molecule has 182 valence electrons. The summed E-state index contributed by atoms with van der Waals surface area (Å²) in [5.41, 5.74) is 4.46. The number of ether oxygens (including phenoxy) is 2. The predicted octanol–water partition coefficient (Wildman–Crippen LogP) is 5.34. The normalized spacial score (nSPS) is 16.3. The largest absolute Gasteiger partial charge is 0.501 e. The van der Waals surface area contributed by atoms with Gasteiger partial charge in [-0.2, -0.15) is 0 Å². The number of methoxy groups -OCH3 is 2. The number of hydrogen-bond donors (Lipinski definition) is 2. The zero-order valence-electron chi connectivity index (χ0n) is 20.8. The summed E-state index contributed by atoms with van der Waals surface area (Å²) < 4.78 is 11.1. The summed E-state index contributed by atoms with van der Waals surface area (Å²) in [7, 11) is 7.30. The first-order valence-corrected chi connectivity index (χ1v) is 11.5. The van der Waals surface area contributed by atoms with Gasteiger partial charge in [0.1, 0.15) is 11.5 Å². The molecule has 1 atom stereocenters. The van der Waals surface area contributed by atoms with Crippen LogP contribution in [-0.2, 0) is 16.0 Å². The van der Waals surface area contributed by atoms with Crippen LogP contribution < -0.4 is 0 Å². The van der Waals surface area contributed by atoms with E-state index >= 15 is 0 Å². The minimum absolute atomic E-state index is 0.00423. The predicted molar refractivity (Wildman–Crippen MR) is 138 cm³/mol. The Morgan fingerprint density at radius 1 is 1.14 bits per heavy atom. The first-order valence-electron chi connectivity index (χ1n) is 11.5. The molecule has 3 aromatic rings. The molecule has 1 heterocycles. The molecule has 0 amide bonds. The highest BCUT2D eigenvalue weighted by Gasteiger charge is 2.28. The van der Waals surface area contributed by atoms with Crippen LogP contribution in [0.3, 0.4) is 0 Å². The van der Waals surface area contributed by atoms with Gasteiger partial charge in [-0.05, 0) is 63.0 Å². The van der Waals surface area contributed by atoms with Gasteiger partial charge in [-0.3, -0.25) is 9.79 Å². The van der Waals surface area contributed by atoms with Crippen LogP contribution in [0.4, 0.5) is 5.69 Å². The summed E-state index contributed by atoms with van der Waals surface area (Å²) in [6, 6.07) is 13.4. The monoisotopic (exact) mass is 473 g/mol. The van der Waals surface area contributed by atoms with Crippen molar-refractivity contribution < 1.29 is 19.4 Å². The standard InChI is InChI=1S/C28H31N3O4/c1-17(32)19-8-11-25-24(14-19)26(28(33)30-25)27(20-12-22(34-4)15-23(13-20)35-5)29-21-9-6-18(7-10-21)16-31(2)3/h6-12,14-15,20,30,33H,13,16H2,1-5H3. The minimum Gasteiger partial charge on any atom is -0.501 e. The molecule has 1 aliphatic carbocycles. The maximum atomic E-state index is 12.1. The van der Waals surface area contributed by atoms with Crippen molar-refractivity contribution in [2.75, 3.05) is 28.3 Å². The zero-order valence-corrected chi connectivity index (χ0v) is 20.8. The molecule has 1 aromatic heterocycles. The maximum Gasteiger partial charge on any atom is 0.198 e. The molecule has 0 radical (unpaired) electrons. The number of nitrogens with zero attached hydrogens (tertiary/aromatic N) is 2. The number of allylic oxidation sites excluding steroid dienone is 3. The van der Waals surface area contributed by atoms with Crippen molar-refractivity contribution >= 4 is 28.1 Å². The molecule has 7 heteroatoms.